The molecule has 1 aliphatic heterocycles. The number of rotatable bonds is 6. The van der Waals surface area contributed by atoms with Crippen molar-refractivity contribution < 1.29 is 4.79 Å². The monoisotopic (exact) mass is 493 g/mol. The number of anilines is 4. The SMILES string of the molecule is Cc1cc(C)nc(N2CCC(C(=O)Nc3cccc(Nc4cc(-c5ccccc5)nc(C)n4)c3)CC2)n1. The molecule has 4 aromatic rings. The molecule has 0 bridgehead atoms. The number of carbonyl (C=O) groups excluding carboxylic acids is 1. The van der Waals surface area contributed by atoms with Crippen LogP contribution in [0.1, 0.15) is 30.1 Å². The molecule has 0 unspecified atom stereocenters. The Balaban J connectivity index is 1.22. The van der Waals surface area contributed by atoms with E-state index in [0.29, 0.717) is 11.6 Å². The molecule has 0 radical (unpaired) electrons. The van der Waals surface area contributed by atoms with E-state index in [1.54, 1.807) is 0 Å². The average Bonchev–Trinajstić information content (AvgIpc) is 2.88. The molecule has 188 valence electrons. The Kier molecular flexibility index (Phi) is 7.07. The van der Waals surface area contributed by atoms with E-state index in [1.165, 1.54) is 0 Å². The zero-order chi connectivity index (χ0) is 25.8. The Hall–Kier alpha value is -4.33. The van der Waals surface area contributed by atoms with Gasteiger partial charge in [0.15, 0.2) is 0 Å². The molecule has 1 amide bonds. The average molecular weight is 494 g/mol. The fraction of sp³-hybridized carbons (Fsp3) is 0.276. The lowest BCUT2D eigenvalue weighted by molar-refractivity contribution is -0.120. The van der Waals surface area contributed by atoms with Crippen molar-refractivity contribution >= 4 is 29.0 Å². The second-order valence-electron chi connectivity index (χ2n) is 9.46. The molecule has 0 aliphatic carbocycles. The predicted octanol–water partition coefficient (Wildman–Crippen LogP) is 5.46. The van der Waals surface area contributed by atoms with E-state index in [9.17, 15) is 4.79 Å². The van der Waals surface area contributed by atoms with Crippen LogP contribution in [0.3, 0.4) is 0 Å². The maximum Gasteiger partial charge on any atom is 0.227 e. The van der Waals surface area contributed by atoms with Gasteiger partial charge in [-0.05, 0) is 57.9 Å². The maximum absolute atomic E-state index is 13.0. The van der Waals surface area contributed by atoms with E-state index >= 15 is 0 Å². The topological polar surface area (TPSA) is 95.9 Å². The second-order valence-corrected chi connectivity index (χ2v) is 9.46. The number of hydrogen-bond acceptors (Lipinski definition) is 7. The molecule has 2 aromatic carbocycles. The van der Waals surface area contributed by atoms with Crippen LogP contribution in [0.25, 0.3) is 11.3 Å². The molecule has 37 heavy (non-hydrogen) atoms. The highest BCUT2D eigenvalue weighted by Gasteiger charge is 2.26. The van der Waals surface area contributed by atoms with Gasteiger partial charge >= 0.3 is 0 Å². The summed E-state index contributed by atoms with van der Waals surface area (Å²) in [7, 11) is 0. The quantitative estimate of drug-likeness (QED) is 0.368. The zero-order valence-electron chi connectivity index (χ0n) is 21.4. The van der Waals surface area contributed by atoms with Crippen LogP contribution in [0.5, 0.6) is 0 Å². The summed E-state index contributed by atoms with van der Waals surface area (Å²) in [6.45, 7) is 7.37. The van der Waals surface area contributed by atoms with E-state index in [1.807, 2.05) is 87.5 Å². The summed E-state index contributed by atoms with van der Waals surface area (Å²) in [6.07, 6.45) is 1.53. The van der Waals surface area contributed by atoms with E-state index < -0.39 is 0 Å². The van der Waals surface area contributed by atoms with Gasteiger partial charge in [0, 0.05) is 53.4 Å². The van der Waals surface area contributed by atoms with E-state index in [0.717, 1.165) is 65.9 Å². The van der Waals surface area contributed by atoms with Gasteiger partial charge in [-0.3, -0.25) is 4.79 Å². The maximum atomic E-state index is 13.0. The van der Waals surface area contributed by atoms with Crippen LogP contribution in [0, 0.1) is 26.7 Å². The van der Waals surface area contributed by atoms with Gasteiger partial charge in [-0.15, -0.1) is 0 Å². The summed E-state index contributed by atoms with van der Waals surface area (Å²) in [5, 5.41) is 6.46. The summed E-state index contributed by atoms with van der Waals surface area (Å²) in [6, 6.07) is 21.6. The minimum absolute atomic E-state index is 0.0439. The lowest BCUT2D eigenvalue weighted by Gasteiger charge is -2.31. The third-order valence-corrected chi connectivity index (χ3v) is 6.43. The molecule has 1 fully saturated rings. The summed E-state index contributed by atoms with van der Waals surface area (Å²) >= 11 is 0. The molecule has 2 N–H and O–H groups in total. The van der Waals surface area contributed by atoms with Gasteiger partial charge in [0.1, 0.15) is 11.6 Å². The van der Waals surface area contributed by atoms with Crippen molar-refractivity contribution in [2.45, 2.75) is 33.6 Å². The highest BCUT2D eigenvalue weighted by Crippen LogP contribution is 2.26. The number of nitrogens with zero attached hydrogens (tertiary/aromatic N) is 5. The first-order chi connectivity index (χ1) is 17.9. The first kappa shape index (κ1) is 24.4. The van der Waals surface area contributed by atoms with E-state index in [-0.39, 0.29) is 11.8 Å². The number of piperidine rings is 1. The van der Waals surface area contributed by atoms with Crippen LogP contribution in [0.15, 0.2) is 66.7 Å². The minimum atomic E-state index is -0.0447. The van der Waals surface area contributed by atoms with Crippen molar-refractivity contribution in [1.82, 2.24) is 19.9 Å². The molecular formula is C29H31N7O. The summed E-state index contributed by atoms with van der Waals surface area (Å²) < 4.78 is 0. The summed E-state index contributed by atoms with van der Waals surface area (Å²) in [5.74, 6) is 2.14. The van der Waals surface area contributed by atoms with Crippen molar-refractivity contribution in [2.75, 3.05) is 28.6 Å². The molecule has 0 spiro atoms. The highest BCUT2D eigenvalue weighted by molar-refractivity contribution is 5.93. The third-order valence-electron chi connectivity index (χ3n) is 6.43. The second kappa shape index (κ2) is 10.7. The highest BCUT2D eigenvalue weighted by atomic mass is 16.1. The van der Waals surface area contributed by atoms with Crippen molar-refractivity contribution in [2.24, 2.45) is 5.92 Å². The Labute approximate surface area is 217 Å². The molecule has 2 aromatic heterocycles. The van der Waals surface area contributed by atoms with Crippen LogP contribution < -0.4 is 15.5 Å². The summed E-state index contributed by atoms with van der Waals surface area (Å²) in [4.78, 5) is 33.4. The lowest BCUT2D eigenvalue weighted by Crippen LogP contribution is -2.39. The minimum Gasteiger partial charge on any atom is -0.341 e. The van der Waals surface area contributed by atoms with Gasteiger partial charge in [-0.2, -0.15) is 0 Å². The van der Waals surface area contributed by atoms with Crippen LogP contribution >= 0.6 is 0 Å². The van der Waals surface area contributed by atoms with Gasteiger partial charge in [0.05, 0.1) is 5.69 Å². The number of amides is 1. The first-order valence-electron chi connectivity index (χ1n) is 12.6. The fourth-order valence-corrected chi connectivity index (χ4v) is 4.65. The van der Waals surface area contributed by atoms with Crippen LogP contribution in [0.4, 0.5) is 23.1 Å². The molecular weight excluding hydrogens is 462 g/mol. The van der Waals surface area contributed by atoms with Crippen molar-refractivity contribution in [3.05, 3.63) is 83.9 Å². The Morgan fingerprint density at radius 2 is 1.51 bits per heavy atom. The van der Waals surface area contributed by atoms with Crippen LogP contribution in [0.2, 0.25) is 0 Å². The van der Waals surface area contributed by atoms with Gasteiger partial charge in [0.2, 0.25) is 11.9 Å². The van der Waals surface area contributed by atoms with Gasteiger partial charge in [-0.25, -0.2) is 19.9 Å². The molecule has 8 nitrogen and oxygen atoms in total. The van der Waals surface area contributed by atoms with E-state index in [2.05, 4.69) is 35.5 Å². The molecule has 8 heteroatoms. The summed E-state index contributed by atoms with van der Waals surface area (Å²) in [5.41, 5.74) is 5.42. The predicted molar refractivity (Wildman–Crippen MR) is 147 cm³/mol. The number of aromatic nitrogens is 4. The Bertz CT molecular complexity index is 1380. The molecule has 1 saturated heterocycles. The van der Waals surface area contributed by atoms with Crippen LogP contribution in [-0.2, 0) is 4.79 Å². The standard InChI is InChI=1S/C29H31N7O/c1-19-16-20(2)31-29(30-19)36-14-12-23(13-15-36)28(37)35-25-11-7-10-24(17-25)34-27-18-26(32-21(3)33-27)22-8-5-4-6-9-22/h4-11,16-18,23H,12-15H2,1-3H3,(H,35,37)(H,32,33,34). The Morgan fingerprint density at radius 1 is 0.811 bits per heavy atom. The van der Waals surface area contributed by atoms with Crippen molar-refractivity contribution in [3.63, 3.8) is 0 Å². The molecule has 5 rings (SSSR count). The number of hydrogen-bond donors (Lipinski definition) is 2. The van der Waals surface area contributed by atoms with Crippen molar-refractivity contribution in [3.8, 4) is 11.3 Å². The van der Waals surface area contributed by atoms with Gasteiger partial charge in [-0.1, -0.05) is 36.4 Å². The zero-order valence-corrected chi connectivity index (χ0v) is 21.4. The largest absolute Gasteiger partial charge is 0.341 e. The number of carbonyl (C=O) groups is 1. The first-order valence-corrected chi connectivity index (χ1v) is 12.6. The number of aryl methyl sites for hydroxylation is 3. The lowest BCUT2D eigenvalue weighted by atomic mass is 9.96. The molecule has 3 heterocycles. The molecule has 0 saturated carbocycles. The van der Waals surface area contributed by atoms with Crippen LogP contribution in [-0.4, -0.2) is 38.9 Å². The fourth-order valence-electron chi connectivity index (χ4n) is 4.65. The third kappa shape index (κ3) is 6.09. The number of benzene rings is 2. The molecule has 1 aliphatic rings. The van der Waals surface area contributed by atoms with E-state index in [4.69, 9.17) is 0 Å². The van der Waals surface area contributed by atoms with Gasteiger partial charge < -0.3 is 15.5 Å². The number of nitrogens with one attached hydrogen (secondary N) is 2. The normalized spacial score (nSPS) is 13.9. The Morgan fingerprint density at radius 3 is 2.24 bits per heavy atom. The molecule has 0 atom stereocenters. The van der Waals surface area contributed by atoms with Crippen molar-refractivity contribution in [1.29, 1.82) is 0 Å². The van der Waals surface area contributed by atoms with Gasteiger partial charge in [0.25, 0.3) is 0 Å². The smallest absolute Gasteiger partial charge is 0.227 e.